The predicted octanol–water partition coefficient (Wildman–Crippen LogP) is 3.14. The normalized spacial score (nSPS) is 12.4. The molecule has 1 aromatic carbocycles. The summed E-state index contributed by atoms with van der Waals surface area (Å²) in [6.45, 7) is 11.6. The predicted molar refractivity (Wildman–Crippen MR) is 149 cm³/mol. The molecule has 206 valence electrons. The van der Waals surface area contributed by atoms with Gasteiger partial charge in [-0.3, -0.25) is 9.59 Å². The van der Waals surface area contributed by atoms with Crippen LogP contribution in [0.2, 0.25) is 0 Å². The van der Waals surface area contributed by atoms with E-state index in [1.54, 1.807) is 21.6 Å². The highest BCUT2D eigenvalue weighted by Crippen LogP contribution is 2.40. The van der Waals surface area contributed by atoms with Gasteiger partial charge >= 0.3 is 0 Å². The van der Waals surface area contributed by atoms with Crippen molar-refractivity contribution in [2.75, 3.05) is 77.5 Å². The van der Waals surface area contributed by atoms with Gasteiger partial charge in [0.1, 0.15) is 13.2 Å². The summed E-state index contributed by atoms with van der Waals surface area (Å²) in [5.74, 6) is -0.424. The van der Waals surface area contributed by atoms with E-state index in [1.807, 2.05) is 12.3 Å². The smallest absolute Gasteiger partial charge is 0.250 e. The minimum Gasteiger partial charge on any atom is -0.378 e. The Hall–Kier alpha value is -1.34. The third kappa shape index (κ3) is 14.4. The van der Waals surface area contributed by atoms with Gasteiger partial charge in [0, 0.05) is 24.0 Å². The molecule has 0 aromatic heterocycles. The Kier molecular flexibility index (Phi) is 17.1. The van der Waals surface area contributed by atoms with E-state index in [4.69, 9.17) is 24.7 Å². The van der Waals surface area contributed by atoms with Crippen molar-refractivity contribution in [3.63, 3.8) is 0 Å². The molecule has 0 aliphatic rings. The molecule has 0 aliphatic carbocycles. The molecule has 11 heteroatoms. The number of carbonyl (C=O) groups is 2. The fourth-order valence-electron chi connectivity index (χ4n) is 3.03. The Morgan fingerprint density at radius 2 is 1.56 bits per heavy atom. The molecule has 0 saturated carbocycles. The summed E-state index contributed by atoms with van der Waals surface area (Å²) in [6.07, 6.45) is 2.05. The van der Waals surface area contributed by atoms with Gasteiger partial charge in [-0.15, -0.1) is 0 Å². The lowest BCUT2D eigenvalue weighted by Gasteiger charge is -2.23. The topological polar surface area (TPSA) is 121 Å². The summed E-state index contributed by atoms with van der Waals surface area (Å²) in [6, 6.07) is 6.22. The van der Waals surface area contributed by atoms with E-state index in [1.165, 1.54) is 5.56 Å². The molecule has 36 heavy (non-hydrogen) atoms. The van der Waals surface area contributed by atoms with Gasteiger partial charge in [-0.05, 0) is 35.8 Å². The van der Waals surface area contributed by atoms with Crippen molar-refractivity contribution in [1.82, 2.24) is 5.32 Å². The molecule has 1 aromatic rings. The Morgan fingerprint density at radius 1 is 0.944 bits per heavy atom. The molecule has 1 unspecified atom stereocenters. The van der Waals surface area contributed by atoms with Gasteiger partial charge in [0.15, 0.2) is 0 Å². The zero-order valence-electron chi connectivity index (χ0n) is 22.2. The van der Waals surface area contributed by atoms with Gasteiger partial charge in [-0.25, -0.2) is 0 Å². The number of anilines is 1. The highest BCUT2D eigenvalue weighted by atomic mass is 33.1. The number of rotatable bonds is 19. The molecule has 0 spiro atoms. The Balaban J connectivity index is 2.25. The summed E-state index contributed by atoms with van der Waals surface area (Å²) in [5, 5.41) is 5.91. The largest absolute Gasteiger partial charge is 0.378 e. The van der Waals surface area contributed by atoms with E-state index in [-0.39, 0.29) is 42.3 Å². The van der Waals surface area contributed by atoms with E-state index in [2.05, 4.69) is 50.5 Å². The molecular formula is C25H43N3O6S2. The van der Waals surface area contributed by atoms with Crippen molar-refractivity contribution < 1.29 is 28.5 Å². The Labute approximate surface area is 223 Å². The second-order valence-corrected chi connectivity index (χ2v) is 11.8. The number of hydrogen-bond acceptors (Lipinski definition) is 9. The quantitative estimate of drug-likeness (QED) is 0.178. The maximum atomic E-state index is 12.4. The van der Waals surface area contributed by atoms with Crippen molar-refractivity contribution in [3.8, 4) is 0 Å². The minimum atomic E-state index is -0.217. The highest BCUT2D eigenvalue weighted by molar-refractivity contribution is 8.76. The Bertz CT molecular complexity index is 777. The van der Waals surface area contributed by atoms with E-state index in [9.17, 15) is 9.59 Å². The maximum absolute atomic E-state index is 12.4. The van der Waals surface area contributed by atoms with Crippen LogP contribution >= 0.6 is 21.6 Å². The van der Waals surface area contributed by atoms with Crippen LogP contribution in [0.3, 0.4) is 0 Å². The van der Waals surface area contributed by atoms with Crippen LogP contribution in [0, 0.1) is 0 Å². The molecule has 0 bridgehead atoms. The number of ether oxygens (including phenoxy) is 4. The number of nitrogens with one attached hydrogen (secondary N) is 2. The van der Waals surface area contributed by atoms with E-state index in [0.29, 0.717) is 46.1 Å². The fourth-order valence-corrected chi connectivity index (χ4v) is 4.79. The average molecular weight is 546 g/mol. The standard InChI is InChI=1S/C25H43N3O6S2/c1-19(36-35-5)21-16-20(25(2,3)4)6-7-22(21)28-24(30)18-34-15-13-32-11-9-27-23(29)17-33-14-12-31-10-8-26/h6-7,16,19H,8-15,17-18,26H2,1-5H3,(H,27,29)(H,28,30). The van der Waals surface area contributed by atoms with Gasteiger partial charge in [-0.2, -0.15) is 0 Å². The minimum absolute atomic E-state index is 0.0282. The van der Waals surface area contributed by atoms with Crippen LogP contribution in [-0.2, 0) is 34.0 Å². The molecule has 0 fully saturated rings. The molecule has 0 saturated heterocycles. The second-order valence-electron chi connectivity index (χ2n) is 8.97. The first kappa shape index (κ1) is 32.7. The molecule has 1 atom stereocenters. The number of carbonyl (C=O) groups excluding carboxylic acids is 2. The average Bonchev–Trinajstić information content (AvgIpc) is 2.82. The molecule has 1 rings (SSSR count). The molecular weight excluding hydrogens is 502 g/mol. The monoisotopic (exact) mass is 545 g/mol. The summed E-state index contributed by atoms with van der Waals surface area (Å²) < 4.78 is 21.2. The van der Waals surface area contributed by atoms with Crippen LogP contribution in [-0.4, -0.2) is 84.0 Å². The van der Waals surface area contributed by atoms with E-state index in [0.717, 1.165) is 11.3 Å². The summed E-state index contributed by atoms with van der Waals surface area (Å²) in [7, 11) is 3.47. The van der Waals surface area contributed by atoms with Crippen molar-refractivity contribution in [1.29, 1.82) is 0 Å². The number of amides is 2. The van der Waals surface area contributed by atoms with Gasteiger partial charge in [0.2, 0.25) is 11.8 Å². The zero-order chi connectivity index (χ0) is 26.8. The van der Waals surface area contributed by atoms with Crippen molar-refractivity contribution >= 4 is 39.1 Å². The Morgan fingerprint density at radius 3 is 2.17 bits per heavy atom. The van der Waals surface area contributed by atoms with Crippen molar-refractivity contribution in [2.45, 2.75) is 38.4 Å². The third-order valence-electron chi connectivity index (χ3n) is 4.91. The number of benzene rings is 1. The zero-order valence-corrected chi connectivity index (χ0v) is 23.9. The van der Waals surface area contributed by atoms with E-state index < -0.39 is 0 Å². The van der Waals surface area contributed by atoms with Gasteiger partial charge < -0.3 is 35.3 Å². The van der Waals surface area contributed by atoms with Gasteiger partial charge in [-0.1, -0.05) is 54.5 Å². The van der Waals surface area contributed by atoms with Crippen LogP contribution in [0.4, 0.5) is 5.69 Å². The molecule has 2 amide bonds. The molecule has 0 radical (unpaired) electrons. The third-order valence-corrected chi connectivity index (χ3v) is 7.09. The van der Waals surface area contributed by atoms with Crippen molar-refractivity contribution in [3.05, 3.63) is 29.3 Å². The number of nitrogens with two attached hydrogens (primary N) is 1. The highest BCUT2D eigenvalue weighted by Gasteiger charge is 2.19. The molecule has 4 N–H and O–H groups in total. The fraction of sp³-hybridized carbons (Fsp3) is 0.680. The lowest BCUT2D eigenvalue weighted by atomic mass is 9.85. The van der Waals surface area contributed by atoms with Crippen LogP contribution < -0.4 is 16.4 Å². The van der Waals surface area contributed by atoms with Crippen LogP contribution in [0.5, 0.6) is 0 Å². The van der Waals surface area contributed by atoms with Crippen molar-refractivity contribution in [2.24, 2.45) is 5.73 Å². The first-order chi connectivity index (χ1) is 17.2. The maximum Gasteiger partial charge on any atom is 0.250 e. The second kappa shape index (κ2) is 18.8. The summed E-state index contributed by atoms with van der Waals surface area (Å²) in [5.41, 5.74) is 8.48. The summed E-state index contributed by atoms with van der Waals surface area (Å²) >= 11 is 0. The SMILES string of the molecule is CSSC(C)c1cc(C(C)(C)C)ccc1NC(=O)COCCOCCNC(=O)COCCOCCN. The van der Waals surface area contributed by atoms with Gasteiger partial charge in [0.05, 0.1) is 39.6 Å². The first-order valence-electron chi connectivity index (χ1n) is 12.1. The molecule has 0 heterocycles. The summed E-state index contributed by atoms with van der Waals surface area (Å²) in [4.78, 5) is 24.1. The van der Waals surface area contributed by atoms with E-state index >= 15 is 0 Å². The van der Waals surface area contributed by atoms with Crippen LogP contribution in [0.15, 0.2) is 18.2 Å². The van der Waals surface area contributed by atoms with Gasteiger partial charge in [0.25, 0.3) is 0 Å². The van der Waals surface area contributed by atoms with Crippen LogP contribution in [0.25, 0.3) is 0 Å². The molecule has 0 aliphatic heterocycles. The lowest BCUT2D eigenvalue weighted by Crippen LogP contribution is -2.31. The first-order valence-corrected chi connectivity index (χ1v) is 14.7. The number of hydrogen-bond donors (Lipinski definition) is 3. The van der Waals surface area contributed by atoms with Crippen LogP contribution in [0.1, 0.15) is 44.1 Å². The molecule has 9 nitrogen and oxygen atoms in total. The lowest BCUT2D eigenvalue weighted by molar-refractivity contribution is -0.126.